The molecule has 1 aliphatic heterocycles. The van der Waals surface area contributed by atoms with Crippen LogP contribution in [0.2, 0.25) is 10.0 Å². The Bertz CT molecular complexity index is 952. The van der Waals surface area contributed by atoms with Crippen molar-refractivity contribution in [3.8, 4) is 0 Å². The fourth-order valence-corrected chi connectivity index (χ4v) is 3.94. The van der Waals surface area contributed by atoms with Crippen LogP contribution in [-0.4, -0.2) is 17.4 Å². The first-order valence-corrected chi connectivity index (χ1v) is 9.29. The van der Waals surface area contributed by atoms with Crippen LogP contribution in [-0.2, 0) is 6.42 Å². The molecule has 0 unspecified atom stereocenters. The Hall–Kier alpha value is -2.29. The maximum atomic E-state index is 13.3. The lowest BCUT2D eigenvalue weighted by Crippen LogP contribution is -2.40. The van der Waals surface area contributed by atoms with E-state index in [1.54, 1.807) is 24.3 Å². The number of carbonyl (C=O) groups is 1. The topological polar surface area (TPSA) is 20.3 Å². The van der Waals surface area contributed by atoms with E-state index in [1.165, 1.54) is 5.56 Å². The van der Waals surface area contributed by atoms with Crippen molar-refractivity contribution in [3.63, 3.8) is 0 Å². The van der Waals surface area contributed by atoms with Gasteiger partial charge < -0.3 is 4.90 Å². The smallest absolute Gasteiger partial charge is 0.254 e. The van der Waals surface area contributed by atoms with Crippen LogP contribution in [0.25, 0.3) is 0 Å². The van der Waals surface area contributed by atoms with E-state index >= 15 is 0 Å². The van der Waals surface area contributed by atoms with Crippen molar-refractivity contribution in [1.82, 2.24) is 4.90 Å². The minimum atomic E-state index is -0.197. The molecule has 0 N–H and O–H groups in total. The van der Waals surface area contributed by atoms with Crippen molar-refractivity contribution in [2.45, 2.75) is 12.5 Å². The molecule has 3 aromatic carbocycles. The van der Waals surface area contributed by atoms with E-state index < -0.39 is 0 Å². The molecule has 1 atom stereocenters. The maximum absolute atomic E-state index is 13.3. The van der Waals surface area contributed by atoms with E-state index in [0.717, 1.165) is 17.5 Å². The minimum absolute atomic E-state index is 0.0129. The van der Waals surface area contributed by atoms with Gasteiger partial charge in [0.25, 0.3) is 5.91 Å². The van der Waals surface area contributed by atoms with Gasteiger partial charge in [0.1, 0.15) is 0 Å². The van der Waals surface area contributed by atoms with Crippen LogP contribution in [0.1, 0.15) is 33.1 Å². The first-order valence-electron chi connectivity index (χ1n) is 8.54. The summed E-state index contributed by atoms with van der Waals surface area (Å²) in [5.74, 6) is -0.0129. The Morgan fingerprint density at radius 3 is 2.23 bits per heavy atom. The largest absolute Gasteiger partial charge is 0.327 e. The second kappa shape index (κ2) is 7.14. The normalized spacial score (nSPS) is 16.2. The van der Waals surface area contributed by atoms with Crippen LogP contribution < -0.4 is 0 Å². The highest BCUT2D eigenvalue weighted by Gasteiger charge is 2.33. The van der Waals surface area contributed by atoms with E-state index in [-0.39, 0.29) is 11.9 Å². The van der Waals surface area contributed by atoms with Crippen molar-refractivity contribution in [3.05, 3.63) is 105 Å². The molecular weight excluding hydrogens is 365 g/mol. The molecule has 130 valence electrons. The average molecular weight is 382 g/mol. The molecule has 4 heteroatoms. The molecule has 0 spiro atoms. The summed E-state index contributed by atoms with van der Waals surface area (Å²) in [6.45, 7) is 0.647. The molecule has 0 fully saturated rings. The molecule has 26 heavy (non-hydrogen) atoms. The van der Waals surface area contributed by atoms with Crippen molar-refractivity contribution in [2.75, 3.05) is 6.54 Å². The van der Waals surface area contributed by atoms with Crippen LogP contribution in [0.3, 0.4) is 0 Å². The molecule has 1 heterocycles. The molecule has 0 saturated heterocycles. The van der Waals surface area contributed by atoms with Crippen molar-refractivity contribution in [2.24, 2.45) is 0 Å². The number of hydrogen-bond acceptors (Lipinski definition) is 1. The van der Waals surface area contributed by atoms with Crippen LogP contribution >= 0.6 is 23.2 Å². The number of halogens is 2. The molecule has 0 aromatic heterocycles. The Kier molecular flexibility index (Phi) is 4.71. The molecule has 4 rings (SSSR count). The number of amides is 1. The van der Waals surface area contributed by atoms with Crippen molar-refractivity contribution < 1.29 is 4.79 Å². The van der Waals surface area contributed by atoms with Gasteiger partial charge in [-0.1, -0.05) is 65.7 Å². The molecule has 3 aromatic rings. The Morgan fingerprint density at radius 2 is 1.50 bits per heavy atom. The molecule has 0 aliphatic carbocycles. The van der Waals surface area contributed by atoms with Crippen LogP contribution in [0.5, 0.6) is 0 Å². The predicted molar refractivity (Wildman–Crippen MR) is 106 cm³/mol. The molecule has 2 nitrogen and oxygen atoms in total. The molecule has 0 radical (unpaired) electrons. The van der Waals surface area contributed by atoms with E-state index in [9.17, 15) is 4.79 Å². The number of nitrogens with zero attached hydrogens (tertiary/aromatic N) is 1. The first kappa shape index (κ1) is 17.1. The standard InChI is InChI=1S/C22H17Cl2NO/c23-17-11-9-16(10-12-17)22(26)25-14-13-15-5-1-2-6-18(15)21(25)19-7-3-4-8-20(19)24/h1-12,21H,13-14H2/t21-/m1/s1. The summed E-state index contributed by atoms with van der Waals surface area (Å²) in [7, 11) is 0. The summed E-state index contributed by atoms with van der Waals surface area (Å²) in [6, 6.07) is 22.9. The lowest BCUT2D eigenvalue weighted by atomic mass is 9.87. The zero-order chi connectivity index (χ0) is 18.1. The number of hydrogen-bond donors (Lipinski definition) is 0. The quantitative estimate of drug-likeness (QED) is 0.550. The van der Waals surface area contributed by atoms with Crippen LogP contribution in [0.4, 0.5) is 0 Å². The third-order valence-electron chi connectivity index (χ3n) is 4.84. The van der Waals surface area contributed by atoms with E-state index in [0.29, 0.717) is 22.2 Å². The highest BCUT2D eigenvalue weighted by molar-refractivity contribution is 6.31. The third-order valence-corrected chi connectivity index (χ3v) is 5.43. The SMILES string of the molecule is O=C(c1ccc(Cl)cc1)N1CCc2ccccc2[C@@H]1c1ccccc1Cl. The van der Waals surface area contributed by atoms with Crippen molar-refractivity contribution >= 4 is 29.1 Å². The maximum Gasteiger partial charge on any atom is 0.254 e. The van der Waals surface area contributed by atoms with Gasteiger partial charge in [-0.3, -0.25) is 4.79 Å². The van der Waals surface area contributed by atoms with Gasteiger partial charge in [-0.15, -0.1) is 0 Å². The van der Waals surface area contributed by atoms with E-state index in [2.05, 4.69) is 12.1 Å². The number of benzene rings is 3. The summed E-state index contributed by atoms with van der Waals surface area (Å²) < 4.78 is 0. The lowest BCUT2D eigenvalue weighted by Gasteiger charge is -2.38. The fraction of sp³-hybridized carbons (Fsp3) is 0.136. The molecule has 0 bridgehead atoms. The molecule has 0 saturated carbocycles. The van der Waals surface area contributed by atoms with Gasteiger partial charge in [-0.25, -0.2) is 0 Å². The van der Waals surface area contributed by atoms with Gasteiger partial charge in [-0.2, -0.15) is 0 Å². The number of carbonyl (C=O) groups excluding carboxylic acids is 1. The second-order valence-corrected chi connectivity index (χ2v) is 7.22. The molecule has 1 aliphatic rings. The highest BCUT2D eigenvalue weighted by atomic mass is 35.5. The van der Waals surface area contributed by atoms with Crippen LogP contribution in [0, 0.1) is 0 Å². The van der Waals surface area contributed by atoms with Crippen molar-refractivity contribution in [1.29, 1.82) is 0 Å². The summed E-state index contributed by atoms with van der Waals surface area (Å²) in [5, 5.41) is 1.29. The third kappa shape index (κ3) is 3.11. The average Bonchev–Trinajstić information content (AvgIpc) is 2.68. The van der Waals surface area contributed by atoms with Gasteiger partial charge in [0.15, 0.2) is 0 Å². The highest BCUT2D eigenvalue weighted by Crippen LogP contribution is 2.38. The Morgan fingerprint density at radius 1 is 0.846 bits per heavy atom. The van der Waals surface area contributed by atoms with Gasteiger partial charge in [0.2, 0.25) is 0 Å². The summed E-state index contributed by atoms with van der Waals surface area (Å²) >= 11 is 12.5. The lowest BCUT2D eigenvalue weighted by molar-refractivity contribution is 0.0694. The molecular formula is C22H17Cl2NO. The van der Waals surface area contributed by atoms with E-state index in [1.807, 2.05) is 41.3 Å². The zero-order valence-corrected chi connectivity index (χ0v) is 15.5. The minimum Gasteiger partial charge on any atom is -0.327 e. The van der Waals surface area contributed by atoms with E-state index in [4.69, 9.17) is 23.2 Å². The Balaban J connectivity index is 1.82. The second-order valence-electron chi connectivity index (χ2n) is 6.38. The van der Waals surface area contributed by atoms with Gasteiger partial charge in [0, 0.05) is 22.2 Å². The van der Waals surface area contributed by atoms with Gasteiger partial charge in [0.05, 0.1) is 6.04 Å². The molecule has 1 amide bonds. The summed E-state index contributed by atoms with van der Waals surface area (Å²) in [4.78, 5) is 15.2. The zero-order valence-electron chi connectivity index (χ0n) is 14.0. The summed E-state index contributed by atoms with van der Waals surface area (Å²) in [6.07, 6.45) is 0.830. The first-order chi connectivity index (χ1) is 12.6. The van der Waals surface area contributed by atoms with Gasteiger partial charge in [-0.05, 0) is 53.4 Å². The monoisotopic (exact) mass is 381 g/mol. The Labute approximate surface area is 163 Å². The fourth-order valence-electron chi connectivity index (χ4n) is 3.58. The van der Waals surface area contributed by atoms with Gasteiger partial charge >= 0.3 is 0 Å². The predicted octanol–water partition coefficient (Wildman–Crippen LogP) is 5.78. The number of rotatable bonds is 2. The summed E-state index contributed by atoms with van der Waals surface area (Å²) in [5.41, 5.74) is 3.97. The number of fused-ring (bicyclic) bond motifs is 1. The van der Waals surface area contributed by atoms with Crippen LogP contribution in [0.15, 0.2) is 72.8 Å².